The second-order valence-corrected chi connectivity index (χ2v) is 4.59. The molecule has 0 aliphatic heterocycles. The monoisotopic (exact) mass is 245 g/mol. The summed E-state index contributed by atoms with van der Waals surface area (Å²) in [6.07, 6.45) is -0.376. The highest BCUT2D eigenvalue weighted by Crippen LogP contribution is 2.16. The number of aliphatic hydroxyl groups excluding tert-OH is 1. The quantitative estimate of drug-likeness (QED) is 0.836. The molecule has 2 nitrogen and oxygen atoms in total. The number of rotatable bonds is 5. The lowest BCUT2D eigenvalue weighted by molar-refractivity contribution is 0.123. The van der Waals surface area contributed by atoms with Crippen molar-refractivity contribution >= 4 is 11.6 Å². The predicted molar refractivity (Wildman–Crippen MR) is 64.0 cm³/mol. The average Bonchev–Trinajstić information content (AvgIpc) is 2.20. The first-order valence-corrected chi connectivity index (χ1v) is 5.71. The molecule has 16 heavy (non-hydrogen) atoms. The maximum Gasteiger partial charge on any atom is 0.124 e. The molecule has 0 spiro atoms. The first-order chi connectivity index (χ1) is 7.50. The molecule has 0 aromatic heterocycles. The SMILES string of the molecule is CC(C)C(O)CNCc1ccc(F)cc1Cl. The van der Waals surface area contributed by atoms with Gasteiger partial charge in [-0.3, -0.25) is 0 Å². The van der Waals surface area contributed by atoms with E-state index in [0.29, 0.717) is 18.1 Å². The molecule has 0 heterocycles. The van der Waals surface area contributed by atoms with Crippen LogP contribution in [0.25, 0.3) is 0 Å². The number of hydrogen-bond acceptors (Lipinski definition) is 2. The zero-order chi connectivity index (χ0) is 12.1. The van der Waals surface area contributed by atoms with E-state index in [1.165, 1.54) is 12.1 Å². The van der Waals surface area contributed by atoms with Crippen LogP contribution in [0, 0.1) is 11.7 Å². The fourth-order valence-electron chi connectivity index (χ4n) is 1.26. The third-order valence-electron chi connectivity index (χ3n) is 2.45. The molecule has 1 rings (SSSR count). The average molecular weight is 246 g/mol. The smallest absolute Gasteiger partial charge is 0.124 e. The van der Waals surface area contributed by atoms with Gasteiger partial charge in [-0.1, -0.05) is 31.5 Å². The Morgan fingerprint density at radius 2 is 2.12 bits per heavy atom. The summed E-state index contributed by atoms with van der Waals surface area (Å²) in [6.45, 7) is 4.95. The van der Waals surface area contributed by atoms with Crippen molar-refractivity contribution in [1.29, 1.82) is 0 Å². The lowest BCUT2D eigenvalue weighted by Crippen LogP contribution is -2.30. The van der Waals surface area contributed by atoms with Crippen LogP contribution in [0.5, 0.6) is 0 Å². The normalized spacial score (nSPS) is 13.1. The summed E-state index contributed by atoms with van der Waals surface area (Å²) >= 11 is 5.86. The Balaban J connectivity index is 2.43. The van der Waals surface area contributed by atoms with Gasteiger partial charge in [-0.25, -0.2) is 4.39 Å². The highest BCUT2D eigenvalue weighted by molar-refractivity contribution is 6.31. The van der Waals surface area contributed by atoms with Gasteiger partial charge in [0.25, 0.3) is 0 Å². The van der Waals surface area contributed by atoms with Crippen molar-refractivity contribution in [1.82, 2.24) is 5.32 Å². The summed E-state index contributed by atoms with van der Waals surface area (Å²) in [4.78, 5) is 0. The van der Waals surface area contributed by atoms with E-state index in [2.05, 4.69) is 5.32 Å². The Morgan fingerprint density at radius 3 is 2.69 bits per heavy atom. The van der Waals surface area contributed by atoms with E-state index < -0.39 is 0 Å². The van der Waals surface area contributed by atoms with E-state index in [1.807, 2.05) is 13.8 Å². The van der Waals surface area contributed by atoms with E-state index in [9.17, 15) is 9.50 Å². The molecule has 0 fully saturated rings. The number of halogens is 2. The molecule has 1 atom stereocenters. The summed E-state index contributed by atoms with van der Waals surface area (Å²) < 4.78 is 12.8. The molecular formula is C12H17ClFNO. The van der Waals surface area contributed by atoms with Crippen LogP contribution in [0.3, 0.4) is 0 Å². The molecule has 2 N–H and O–H groups in total. The molecule has 0 saturated heterocycles. The van der Waals surface area contributed by atoms with Crippen molar-refractivity contribution in [3.8, 4) is 0 Å². The van der Waals surface area contributed by atoms with Crippen molar-refractivity contribution in [2.75, 3.05) is 6.54 Å². The number of benzene rings is 1. The summed E-state index contributed by atoms with van der Waals surface area (Å²) in [5.41, 5.74) is 0.832. The van der Waals surface area contributed by atoms with Gasteiger partial charge in [-0.05, 0) is 23.6 Å². The minimum absolute atomic E-state index is 0.219. The van der Waals surface area contributed by atoms with Crippen molar-refractivity contribution in [2.24, 2.45) is 5.92 Å². The summed E-state index contributed by atoms with van der Waals surface area (Å²) in [7, 11) is 0. The van der Waals surface area contributed by atoms with Crippen LogP contribution in [0.15, 0.2) is 18.2 Å². The third-order valence-corrected chi connectivity index (χ3v) is 2.81. The van der Waals surface area contributed by atoms with E-state index in [1.54, 1.807) is 6.07 Å². The maximum absolute atomic E-state index is 12.8. The van der Waals surface area contributed by atoms with Crippen LogP contribution in [0.4, 0.5) is 4.39 Å². The maximum atomic E-state index is 12.8. The highest BCUT2D eigenvalue weighted by atomic mass is 35.5. The summed E-state index contributed by atoms with van der Waals surface area (Å²) in [5.74, 6) is -0.118. The molecular weight excluding hydrogens is 229 g/mol. The lowest BCUT2D eigenvalue weighted by atomic mass is 10.1. The first kappa shape index (κ1) is 13.4. The predicted octanol–water partition coefficient (Wildman–Crippen LogP) is 2.59. The molecule has 1 aromatic rings. The Kier molecular flexibility index (Phi) is 5.19. The lowest BCUT2D eigenvalue weighted by Gasteiger charge is -2.15. The number of aliphatic hydroxyl groups is 1. The van der Waals surface area contributed by atoms with E-state index >= 15 is 0 Å². The highest BCUT2D eigenvalue weighted by Gasteiger charge is 2.08. The minimum Gasteiger partial charge on any atom is -0.392 e. The van der Waals surface area contributed by atoms with Crippen LogP contribution in [0.2, 0.25) is 5.02 Å². The van der Waals surface area contributed by atoms with Gasteiger partial charge < -0.3 is 10.4 Å². The van der Waals surface area contributed by atoms with Crippen molar-refractivity contribution < 1.29 is 9.50 Å². The molecule has 0 bridgehead atoms. The van der Waals surface area contributed by atoms with Crippen LogP contribution in [-0.2, 0) is 6.54 Å². The minimum atomic E-state index is -0.376. The van der Waals surface area contributed by atoms with Crippen LogP contribution >= 0.6 is 11.6 Å². The molecule has 0 radical (unpaired) electrons. The molecule has 0 amide bonds. The van der Waals surface area contributed by atoms with Gasteiger partial charge in [-0.15, -0.1) is 0 Å². The van der Waals surface area contributed by atoms with E-state index in [-0.39, 0.29) is 17.8 Å². The fourth-order valence-corrected chi connectivity index (χ4v) is 1.49. The molecule has 0 aliphatic rings. The Morgan fingerprint density at radius 1 is 1.44 bits per heavy atom. The van der Waals surface area contributed by atoms with Crippen LogP contribution < -0.4 is 5.32 Å². The molecule has 1 unspecified atom stereocenters. The van der Waals surface area contributed by atoms with Crippen molar-refractivity contribution in [2.45, 2.75) is 26.5 Å². The second kappa shape index (κ2) is 6.18. The Labute approximate surface area is 100 Å². The number of nitrogens with one attached hydrogen (secondary N) is 1. The molecule has 90 valence electrons. The van der Waals surface area contributed by atoms with Crippen molar-refractivity contribution in [3.63, 3.8) is 0 Å². The number of hydrogen-bond donors (Lipinski definition) is 2. The van der Waals surface area contributed by atoms with Gasteiger partial charge >= 0.3 is 0 Å². The molecule has 4 heteroatoms. The summed E-state index contributed by atoms with van der Waals surface area (Å²) in [5, 5.41) is 13.1. The van der Waals surface area contributed by atoms with Gasteiger partial charge in [0.1, 0.15) is 5.82 Å². The summed E-state index contributed by atoms with van der Waals surface area (Å²) in [6, 6.07) is 4.31. The van der Waals surface area contributed by atoms with Crippen molar-refractivity contribution in [3.05, 3.63) is 34.6 Å². The van der Waals surface area contributed by atoms with E-state index in [4.69, 9.17) is 11.6 Å². The van der Waals surface area contributed by atoms with Gasteiger partial charge in [0.2, 0.25) is 0 Å². The topological polar surface area (TPSA) is 32.3 Å². The van der Waals surface area contributed by atoms with Gasteiger partial charge in [-0.2, -0.15) is 0 Å². The molecule has 0 saturated carbocycles. The second-order valence-electron chi connectivity index (χ2n) is 4.18. The van der Waals surface area contributed by atoms with Crippen LogP contribution in [0.1, 0.15) is 19.4 Å². The fraction of sp³-hybridized carbons (Fsp3) is 0.500. The molecule has 1 aromatic carbocycles. The van der Waals surface area contributed by atoms with Gasteiger partial charge in [0.15, 0.2) is 0 Å². The van der Waals surface area contributed by atoms with E-state index in [0.717, 1.165) is 5.56 Å². The standard InChI is InChI=1S/C12H17ClFNO/c1-8(2)12(16)7-15-6-9-3-4-10(14)5-11(9)13/h3-5,8,12,15-16H,6-7H2,1-2H3. The third kappa shape index (κ3) is 4.08. The first-order valence-electron chi connectivity index (χ1n) is 5.33. The Hall–Kier alpha value is -0.640. The zero-order valence-corrected chi connectivity index (χ0v) is 10.3. The zero-order valence-electron chi connectivity index (χ0n) is 9.50. The van der Waals surface area contributed by atoms with Crippen LogP contribution in [-0.4, -0.2) is 17.8 Å². The molecule has 0 aliphatic carbocycles. The largest absolute Gasteiger partial charge is 0.392 e. The van der Waals surface area contributed by atoms with Gasteiger partial charge in [0.05, 0.1) is 6.10 Å². The Bertz CT molecular complexity index is 344. The van der Waals surface area contributed by atoms with Gasteiger partial charge in [0, 0.05) is 18.1 Å².